The van der Waals surface area contributed by atoms with Gasteiger partial charge in [0.25, 0.3) is 5.56 Å². The van der Waals surface area contributed by atoms with E-state index in [1.807, 2.05) is 39.7 Å². The van der Waals surface area contributed by atoms with Crippen LogP contribution in [0.5, 0.6) is 0 Å². The lowest BCUT2D eigenvalue weighted by atomic mass is 9.62. The van der Waals surface area contributed by atoms with Crippen LogP contribution in [-0.4, -0.2) is 89.3 Å². The molecule has 47 heavy (non-hydrogen) atoms. The smallest absolute Gasteiger partial charge is 0.258 e. The van der Waals surface area contributed by atoms with Crippen LogP contribution in [0.3, 0.4) is 0 Å². The molecule has 1 spiro atoms. The predicted molar refractivity (Wildman–Crippen MR) is 180 cm³/mol. The molecule has 8 rings (SSSR count). The van der Waals surface area contributed by atoms with Gasteiger partial charge in [0.15, 0.2) is 5.13 Å². The van der Waals surface area contributed by atoms with Crippen molar-refractivity contribution in [2.45, 2.75) is 37.8 Å². The Labute approximate surface area is 275 Å². The highest BCUT2D eigenvalue weighted by molar-refractivity contribution is 7.16. The minimum atomic E-state index is -0.352. The second-order valence-corrected chi connectivity index (χ2v) is 14.6. The number of benzene rings is 2. The molecule has 4 heterocycles. The molecule has 2 aromatic carbocycles. The molecule has 12 heteroatoms. The maximum atomic E-state index is 13.6. The van der Waals surface area contributed by atoms with Gasteiger partial charge in [0, 0.05) is 86.0 Å². The van der Waals surface area contributed by atoms with Crippen molar-refractivity contribution < 1.29 is 14.3 Å². The highest BCUT2D eigenvalue weighted by atomic mass is 32.1. The van der Waals surface area contributed by atoms with E-state index in [4.69, 9.17) is 4.98 Å². The summed E-state index contributed by atoms with van der Waals surface area (Å²) in [6.45, 7) is 5.01. The fraction of sp³-hybridized carbons (Fsp3) is 0.429. The van der Waals surface area contributed by atoms with Crippen LogP contribution in [0, 0.1) is 22.6 Å². The summed E-state index contributed by atoms with van der Waals surface area (Å²) < 4.78 is 15.4. The van der Waals surface area contributed by atoms with Crippen LogP contribution in [0.2, 0.25) is 0 Å². The molecular formula is C35H36FN7O3S. The number of pyridine rings is 1. The molecule has 2 aliphatic carbocycles. The average molecular weight is 654 g/mol. The van der Waals surface area contributed by atoms with Crippen LogP contribution in [0.15, 0.2) is 53.5 Å². The Kier molecular flexibility index (Phi) is 7.31. The third kappa shape index (κ3) is 5.46. The monoisotopic (exact) mass is 653 g/mol. The number of hydrogen-bond acceptors (Lipinski definition) is 9. The van der Waals surface area contributed by atoms with E-state index in [-0.39, 0.29) is 34.8 Å². The number of aliphatic hydroxyl groups is 1. The number of halogens is 1. The zero-order chi connectivity index (χ0) is 32.4. The molecule has 2 saturated carbocycles. The van der Waals surface area contributed by atoms with Gasteiger partial charge in [-0.3, -0.25) is 14.5 Å². The van der Waals surface area contributed by atoms with E-state index in [0.717, 1.165) is 81.7 Å². The van der Waals surface area contributed by atoms with Crippen LogP contribution < -0.4 is 15.4 Å². The molecule has 2 aliphatic heterocycles. The standard InChI is InChI=1S/C35H36FN7O3S/c1-39(34-38-32(30(17-37)47-34)22-2-4-23(36)5-3-22)29-18-43(24-6-7-24)33(46)27-9-8-25(14-28(27)29)41-12-10-40(11-13-41)19-31(45)42-20-35(21-42)15-26(44)16-35/h2-5,8-9,14,18,24,26,44H,6-7,10-13,15-16,19-21H2,1H3. The number of rotatable bonds is 7. The summed E-state index contributed by atoms with van der Waals surface area (Å²) in [5.41, 5.74) is 3.17. The summed E-state index contributed by atoms with van der Waals surface area (Å²) in [7, 11) is 1.90. The SMILES string of the molecule is CN(c1nc(-c2ccc(F)cc2)c(C#N)s1)c1cn(C2CC2)c(=O)c2ccc(N3CCN(CC(=O)N4CC5(CC(O)C5)C4)CC3)cc12. The van der Waals surface area contributed by atoms with Crippen molar-refractivity contribution in [1.82, 2.24) is 19.4 Å². The van der Waals surface area contributed by atoms with Crippen LogP contribution in [0.25, 0.3) is 22.0 Å². The van der Waals surface area contributed by atoms with Crippen molar-refractivity contribution in [2.75, 3.05) is 62.7 Å². The van der Waals surface area contributed by atoms with Crippen molar-refractivity contribution >= 4 is 44.5 Å². The zero-order valence-corrected chi connectivity index (χ0v) is 27.0. The fourth-order valence-electron chi connectivity index (χ4n) is 7.45. The summed E-state index contributed by atoms with van der Waals surface area (Å²) >= 11 is 1.27. The van der Waals surface area contributed by atoms with Crippen LogP contribution in [-0.2, 0) is 4.79 Å². The molecule has 10 nitrogen and oxygen atoms in total. The highest BCUT2D eigenvalue weighted by Gasteiger charge is 2.53. The number of aliphatic hydroxyl groups excluding tert-OH is 1. The van der Waals surface area contributed by atoms with Gasteiger partial charge < -0.3 is 24.4 Å². The molecule has 0 atom stereocenters. The lowest BCUT2D eigenvalue weighted by molar-refractivity contribution is -0.163. The first-order valence-electron chi connectivity index (χ1n) is 16.2. The van der Waals surface area contributed by atoms with Gasteiger partial charge >= 0.3 is 0 Å². The van der Waals surface area contributed by atoms with Crippen molar-refractivity contribution in [1.29, 1.82) is 5.26 Å². The molecule has 242 valence electrons. The quantitative estimate of drug-likeness (QED) is 0.314. The summed E-state index contributed by atoms with van der Waals surface area (Å²) in [5.74, 6) is -0.185. The van der Waals surface area contributed by atoms with E-state index < -0.39 is 0 Å². The number of fused-ring (bicyclic) bond motifs is 1. The number of nitrogens with zero attached hydrogens (tertiary/aromatic N) is 7. The minimum absolute atomic E-state index is 0.0115. The van der Waals surface area contributed by atoms with Gasteiger partial charge in [0.1, 0.15) is 22.5 Å². The Morgan fingerprint density at radius 3 is 2.49 bits per heavy atom. The van der Waals surface area contributed by atoms with Gasteiger partial charge in [-0.2, -0.15) is 5.26 Å². The van der Waals surface area contributed by atoms with Gasteiger partial charge in [0.05, 0.1) is 18.3 Å². The molecule has 4 aliphatic rings. The molecule has 4 fully saturated rings. The number of likely N-dealkylation sites (tertiary alicyclic amines) is 1. The van der Waals surface area contributed by atoms with E-state index in [1.165, 1.54) is 23.5 Å². The number of piperazine rings is 1. The molecule has 2 aromatic heterocycles. The number of aromatic nitrogens is 2. The number of thiazole rings is 1. The fourth-order valence-corrected chi connectivity index (χ4v) is 8.31. The number of anilines is 3. The van der Waals surface area contributed by atoms with Gasteiger partial charge in [0.2, 0.25) is 5.91 Å². The maximum Gasteiger partial charge on any atom is 0.258 e. The number of hydrogen-bond donors (Lipinski definition) is 1. The number of nitriles is 1. The number of carbonyl (C=O) groups excluding carboxylic acids is 1. The van der Waals surface area contributed by atoms with Crippen LogP contribution in [0.1, 0.15) is 36.6 Å². The summed E-state index contributed by atoms with van der Waals surface area (Å²) in [6.07, 6.45) is 5.28. The second-order valence-electron chi connectivity index (χ2n) is 13.6. The third-order valence-electron chi connectivity index (χ3n) is 10.3. The Balaban J connectivity index is 1.04. The lowest BCUT2D eigenvalue weighted by Gasteiger charge is -2.58. The first-order chi connectivity index (χ1) is 22.7. The van der Waals surface area contributed by atoms with Gasteiger partial charge in [-0.25, -0.2) is 9.37 Å². The van der Waals surface area contributed by atoms with E-state index >= 15 is 0 Å². The van der Waals surface area contributed by atoms with Crippen molar-refractivity contribution in [2.24, 2.45) is 5.41 Å². The first kappa shape index (κ1) is 30.1. The first-order valence-corrected chi connectivity index (χ1v) is 17.0. The van der Waals surface area contributed by atoms with Crippen molar-refractivity contribution in [3.8, 4) is 17.3 Å². The Hall–Kier alpha value is -4.31. The molecular weight excluding hydrogens is 617 g/mol. The van der Waals surface area contributed by atoms with E-state index in [2.05, 4.69) is 21.9 Å². The molecule has 1 N–H and O–H groups in total. The normalized spacial score (nSPS) is 19.4. The van der Waals surface area contributed by atoms with Gasteiger partial charge in [-0.05, 0) is 68.1 Å². The van der Waals surface area contributed by atoms with E-state index in [9.17, 15) is 24.3 Å². The topological polar surface area (TPSA) is 109 Å². The summed E-state index contributed by atoms with van der Waals surface area (Å²) in [4.78, 5) is 40.2. The third-order valence-corrected chi connectivity index (χ3v) is 11.3. The van der Waals surface area contributed by atoms with E-state index in [1.54, 1.807) is 12.1 Å². The predicted octanol–water partition coefficient (Wildman–Crippen LogP) is 4.34. The molecule has 2 saturated heterocycles. The Bertz CT molecular complexity index is 1960. The zero-order valence-electron chi connectivity index (χ0n) is 26.2. The lowest BCUT2D eigenvalue weighted by Crippen LogP contribution is -2.66. The maximum absolute atomic E-state index is 13.6. The molecule has 1 amide bonds. The largest absolute Gasteiger partial charge is 0.393 e. The van der Waals surface area contributed by atoms with Gasteiger partial charge in [-0.15, -0.1) is 0 Å². The minimum Gasteiger partial charge on any atom is -0.393 e. The average Bonchev–Trinajstić information content (AvgIpc) is 3.80. The van der Waals surface area contributed by atoms with E-state index in [0.29, 0.717) is 33.2 Å². The second kappa shape index (κ2) is 11.4. The summed E-state index contributed by atoms with van der Waals surface area (Å²) in [5, 5.41) is 21.6. The number of carbonyl (C=O) groups is 1. The van der Waals surface area contributed by atoms with Crippen molar-refractivity contribution in [3.05, 3.63) is 69.7 Å². The molecule has 0 radical (unpaired) electrons. The van der Waals surface area contributed by atoms with Gasteiger partial charge in [-0.1, -0.05) is 11.3 Å². The molecule has 4 aromatic rings. The number of amides is 1. The molecule has 0 bridgehead atoms. The Morgan fingerprint density at radius 2 is 1.83 bits per heavy atom. The highest BCUT2D eigenvalue weighted by Crippen LogP contribution is 2.48. The van der Waals surface area contributed by atoms with Crippen molar-refractivity contribution in [3.63, 3.8) is 0 Å². The summed E-state index contributed by atoms with van der Waals surface area (Å²) in [6, 6.07) is 14.4. The Morgan fingerprint density at radius 1 is 1.11 bits per heavy atom. The molecule has 0 unspecified atom stereocenters. The van der Waals surface area contributed by atoms with Crippen LogP contribution in [0.4, 0.5) is 20.9 Å². The van der Waals surface area contributed by atoms with Crippen LogP contribution >= 0.6 is 11.3 Å².